The molecule has 3 nitrogen and oxygen atoms in total. The third-order valence-corrected chi connectivity index (χ3v) is 2.60. The van der Waals surface area contributed by atoms with E-state index in [1.807, 2.05) is 32.2 Å². The first-order chi connectivity index (χ1) is 7.70. The van der Waals surface area contributed by atoms with Crippen molar-refractivity contribution in [2.45, 2.75) is 13.8 Å². The van der Waals surface area contributed by atoms with Gasteiger partial charge in [-0.05, 0) is 49.8 Å². The van der Waals surface area contributed by atoms with Crippen LogP contribution in [0, 0.1) is 11.7 Å². The zero-order valence-electron chi connectivity index (χ0n) is 9.33. The van der Waals surface area contributed by atoms with Gasteiger partial charge in [-0.1, -0.05) is 0 Å². The predicted octanol–water partition coefficient (Wildman–Crippen LogP) is 3.45. The second-order valence-corrected chi connectivity index (χ2v) is 3.98. The van der Waals surface area contributed by atoms with Crippen molar-refractivity contribution < 1.29 is 4.74 Å². The summed E-state index contributed by atoms with van der Waals surface area (Å²) in [5, 5.41) is 0. The molecule has 4 heteroatoms. The quantitative estimate of drug-likeness (QED) is 0.799. The molecule has 16 heavy (non-hydrogen) atoms. The lowest BCUT2D eigenvalue weighted by atomic mass is 10.1. The maximum atomic E-state index is 5.49. The Morgan fingerprint density at radius 2 is 2.19 bits per heavy atom. The van der Waals surface area contributed by atoms with Crippen molar-refractivity contribution in [2.24, 2.45) is 0 Å². The van der Waals surface area contributed by atoms with E-state index in [1.165, 1.54) is 0 Å². The highest BCUT2D eigenvalue weighted by molar-refractivity contribution is 7.71. The summed E-state index contributed by atoms with van der Waals surface area (Å²) < 4.78 is 6.13. The molecule has 2 N–H and O–H groups in total. The van der Waals surface area contributed by atoms with Gasteiger partial charge in [0, 0.05) is 11.8 Å². The van der Waals surface area contributed by atoms with E-state index in [0.29, 0.717) is 11.4 Å². The van der Waals surface area contributed by atoms with Crippen LogP contribution in [0.1, 0.15) is 12.5 Å². The topological polar surface area (TPSA) is 40.8 Å². The van der Waals surface area contributed by atoms with Crippen LogP contribution in [0.5, 0.6) is 5.75 Å². The lowest BCUT2D eigenvalue weighted by Crippen LogP contribution is -1.93. The fourth-order valence-electron chi connectivity index (χ4n) is 1.62. The van der Waals surface area contributed by atoms with Gasteiger partial charge in [0.1, 0.15) is 5.75 Å². The predicted molar refractivity (Wildman–Crippen MR) is 67.3 cm³/mol. The van der Waals surface area contributed by atoms with Gasteiger partial charge in [-0.2, -0.15) is 0 Å². The van der Waals surface area contributed by atoms with E-state index in [1.54, 1.807) is 0 Å². The first kappa shape index (κ1) is 11.0. The molecule has 1 aromatic heterocycles. The third-order valence-electron chi connectivity index (χ3n) is 2.38. The van der Waals surface area contributed by atoms with E-state index in [4.69, 9.17) is 17.0 Å². The van der Waals surface area contributed by atoms with Crippen LogP contribution in [-0.4, -0.2) is 16.6 Å². The summed E-state index contributed by atoms with van der Waals surface area (Å²) in [6.07, 6.45) is 1.87. The summed E-state index contributed by atoms with van der Waals surface area (Å²) in [5.74, 6) is 0.931. The van der Waals surface area contributed by atoms with E-state index in [9.17, 15) is 0 Å². The molecule has 0 amide bonds. The average Bonchev–Trinajstić information content (AvgIpc) is 2.68. The number of hydrogen-bond donors (Lipinski definition) is 2. The van der Waals surface area contributed by atoms with Crippen molar-refractivity contribution in [3.8, 4) is 17.0 Å². The molecule has 0 aliphatic heterocycles. The highest BCUT2D eigenvalue weighted by atomic mass is 32.1. The molecule has 0 saturated carbocycles. The summed E-state index contributed by atoms with van der Waals surface area (Å²) in [6.45, 7) is 4.71. The summed E-state index contributed by atoms with van der Waals surface area (Å²) in [6, 6.07) is 6.09. The van der Waals surface area contributed by atoms with Gasteiger partial charge in [-0.3, -0.25) is 0 Å². The molecule has 0 spiro atoms. The van der Waals surface area contributed by atoms with E-state index in [-0.39, 0.29) is 0 Å². The average molecular weight is 234 g/mol. The highest BCUT2D eigenvalue weighted by Gasteiger charge is 2.03. The Morgan fingerprint density at radius 1 is 1.38 bits per heavy atom. The van der Waals surface area contributed by atoms with Crippen LogP contribution in [0.4, 0.5) is 0 Å². The molecule has 0 radical (unpaired) electrons. The Hall–Kier alpha value is -1.55. The van der Waals surface area contributed by atoms with Crippen molar-refractivity contribution in [3.63, 3.8) is 0 Å². The van der Waals surface area contributed by atoms with E-state index >= 15 is 0 Å². The number of ether oxygens (including phenoxy) is 1. The van der Waals surface area contributed by atoms with Crippen molar-refractivity contribution in [3.05, 3.63) is 34.7 Å². The van der Waals surface area contributed by atoms with Gasteiger partial charge < -0.3 is 14.7 Å². The molecule has 2 rings (SSSR count). The van der Waals surface area contributed by atoms with E-state index < -0.39 is 0 Å². The number of aryl methyl sites for hydroxylation is 1. The van der Waals surface area contributed by atoms with E-state index in [0.717, 1.165) is 22.6 Å². The van der Waals surface area contributed by atoms with Crippen molar-refractivity contribution in [2.75, 3.05) is 6.61 Å². The lowest BCUT2D eigenvalue weighted by molar-refractivity contribution is 0.338. The molecule has 0 fully saturated rings. The zero-order chi connectivity index (χ0) is 11.5. The molecule has 2 aromatic rings. The van der Waals surface area contributed by atoms with Crippen LogP contribution in [0.2, 0.25) is 0 Å². The van der Waals surface area contributed by atoms with Gasteiger partial charge in [0.05, 0.1) is 12.3 Å². The molecule has 0 atom stereocenters. The molecular weight excluding hydrogens is 220 g/mol. The Bertz CT molecular complexity index is 542. The Morgan fingerprint density at radius 3 is 2.75 bits per heavy atom. The first-order valence-electron chi connectivity index (χ1n) is 5.22. The fraction of sp³-hybridized carbons (Fsp3) is 0.250. The Balaban J connectivity index is 2.37. The molecule has 0 bridgehead atoms. The van der Waals surface area contributed by atoms with Gasteiger partial charge in [-0.15, -0.1) is 0 Å². The molecule has 0 aliphatic rings. The lowest BCUT2D eigenvalue weighted by Gasteiger charge is -2.07. The van der Waals surface area contributed by atoms with Crippen molar-refractivity contribution in [1.29, 1.82) is 0 Å². The molecule has 1 aromatic carbocycles. The Kier molecular flexibility index (Phi) is 3.10. The molecular formula is C12H14N2OS. The maximum absolute atomic E-state index is 5.49. The van der Waals surface area contributed by atoms with Gasteiger partial charge in [0.2, 0.25) is 0 Å². The number of H-pyrrole nitrogens is 2. The van der Waals surface area contributed by atoms with Crippen molar-refractivity contribution in [1.82, 2.24) is 9.97 Å². The number of nitrogens with one attached hydrogen (secondary N) is 2. The normalized spacial score (nSPS) is 10.4. The van der Waals surface area contributed by atoms with Crippen LogP contribution < -0.4 is 4.74 Å². The van der Waals surface area contributed by atoms with Crippen LogP contribution >= 0.6 is 12.2 Å². The maximum Gasteiger partial charge on any atom is 0.174 e. The standard InChI is InChI=1S/C12H14N2OS/c1-3-15-11-5-4-9(6-8(11)2)10-7-13-12(16)14-10/h4-7H,3H2,1-2H3,(H2,13,14,16). The summed E-state index contributed by atoms with van der Waals surface area (Å²) in [5.41, 5.74) is 3.23. The second-order valence-electron chi connectivity index (χ2n) is 3.57. The largest absolute Gasteiger partial charge is 0.494 e. The molecule has 84 valence electrons. The van der Waals surface area contributed by atoms with Gasteiger partial charge in [-0.25, -0.2) is 0 Å². The number of aromatic nitrogens is 2. The monoisotopic (exact) mass is 234 g/mol. The summed E-state index contributed by atoms with van der Waals surface area (Å²) in [7, 11) is 0. The van der Waals surface area contributed by atoms with Gasteiger partial charge in [0.25, 0.3) is 0 Å². The van der Waals surface area contributed by atoms with Gasteiger partial charge in [0.15, 0.2) is 4.77 Å². The van der Waals surface area contributed by atoms with Crippen LogP contribution in [0.3, 0.4) is 0 Å². The van der Waals surface area contributed by atoms with Gasteiger partial charge >= 0.3 is 0 Å². The SMILES string of the molecule is CCOc1ccc(-c2c[nH]c(=S)[nH]2)cc1C. The summed E-state index contributed by atoms with van der Waals surface area (Å²) >= 11 is 5.00. The molecule has 0 saturated heterocycles. The number of imidazole rings is 1. The number of rotatable bonds is 3. The molecule has 0 aliphatic carbocycles. The number of aromatic amines is 2. The smallest absolute Gasteiger partial charge is 0.174 e. The fourth-order valence-corrected chi connectivity index (χ4v) is 1.79. The third kappa shape index (κ3) is 2.17. The van der Waals surface area contributed by atoms with Crippen molar-refractivity contribution >= 4 is 12.2 Å². The van der Waals surface area contributed by atoms with Crippen LogP contribution in [-0.2, 0) is 0 Å². The minimum atomic E-state index is 0.640. The first-order valence-corrected chi connectivity index (χ1v) is 5.63. The van der Waals surface area contributed by atoms with Crippen LogP contribution in [0.15, 0.2) is 24.4 Å². The van der Waals surface area contributed by atoms with E-state index in [2.05, 4.69) is 16.0 Å². The molecule has 1 heterocycles. The second kappa shape index (κ2) is 4.53. The number of hydrogen-bond acceptors (Lipinski definition) is 2. The Labute approximate surface area is 99.5 Å². The molecule has 0 unspecified atom stereocenters. The summed E-state index contributed by atoms with van der Waals surface area (Å²) in [4.78, 5) is 6.04. The zero-order valence-corrected chi connectivity index (χ0v) is 10.1. The van der Waals surface area contributed by atoms with Crippen LogP contribution in [0.25, 0.3) is 11.3 Å². The highest BCUT2D eigenvalue weighted by Crippen LogP contribution is 2.24. The minimum absolute atomic E-state index is 0.640. The number of benzene rings is 1. The minimum Gasteiger partial charge on any atom is -0.494 e.